The van der Waals surface area contributed by atoms with E-state index in [1.807, 2.05) is 30.3 Å². The summed E-state index contributed by atoms with van der Waals surface area (Å²) >= 11 is 3.32. The van der Waals surface area contributed by atoms with Crippen LogP contribution >= 0.6 is 15.9 Å². The minimum Gasteiger partial charge on any atom is -0.497 e. The van der Waals surface area contributed by atoms with Gasteiger partial charge in [-0.15, -0.1) is 0 Å². The third-order valence-corrected chi connectivity index (χ3v) is 3.08. The van der Waals surface area contributed by atoms with Crippen LogP contribution in [0.15, 0.2) is 58.1 Å². The smallest absolute Gasteiger partial charge is 0.271 e. The van der Waals surface area contributed by atoms with Gasteiger partial charge in [-0.1, -0.05) is 22.0 Å². The number of nitrogens with zero attached hydrogens (tertiary/aromatic N) is 1. The monoisotopic (exact) mass is 364 g/mol. The molecule has 0 atom stereocenters. The highest BCUT2D eigenvalue weighted by Crippen LogP contribution is 2.11. The molecular weight excluding hydrogens is 348 g/mol. The molecule has 116 valence electrons. The Balaban J connectivity index is 0.00000116. The van der Waals surface area contributed by atoms with E-state index in [0.717, 1.165) is 22.9 Å². The van der Waals surface area contributed by atoms with Crippen molar-refractivity contribution in [1.82, 2.24) is 5.43 Å². The minimum atomic E-state index is -0.254. The molecule has 2 N–H and O–H groups in total. The Bertz CT molecular complexity index is 628. The van der Waals surface area contributed by atoms with Gasteiger partial charge in [0.05, 0.1) is 13.3 Å². The third kappa shape index (κ3) is 5.67. The number of rotatable bonds is 4. The molecule has 5 nitrogen and oxygen atoms in total. The molecule has 0 unspecified atom stereocenters. The van der Waals surface area contributed by atoms with E-state index >= 15 is 0 Å². The number of hydrogen-bond acceptors (Lipinski definition) is 4. The Kier molecular flexibility index (Phi) is 7.88. The molecule has 0 aliphatic carbocycles. The minimum absolute atomic E-state index is 0.254. The van der Waals surface area contributed by atoms with Crippen LogP contribution < -0.4 is 10.2 Å². The molecule has 0 radical (unpaired) electrons. The first kappa shape index (κ1) is 17.9. The molecule has 2 aromatic rings. The SMILES string of the molecule is CO.COc1ccc(/C=N/NC(=O)c2cccc(Br)c2)cc1. The van der Waals surface area contributed by atoms with Gasteiger partial charge in [-0.25, -0.2) is 5.43 Å². The average molecular weight is 365 g/mol. The molecule has 0 spiro atoms. The summed E-state index contributed by atoms with van der Waals surface area (Å²) in [5.74, 6) is 0.524. The highest BCUT2D eigenvalue weighted by atomic mass is 79.9. The Morgan fingerprint density at radius 1 is 1.23 bits per heavy atom. The van der Waals surface area contributed by atoms with Crippen molar-refractivity contribution in [2.75, 3.05) is 14.2 Å². The topological polar surface area (TPSA) is 70.9 Å². The number of nitrogens with one attached hydrogen (secondary N) is 1. The van der Waals surface area contributed by atoms with Gasteiger partial charge in [-0.2, -0.15) is 5.10 Å². The van der Waals surface area contributed by atoms with Crippen molar-refractivity contribution >= 4 is 28.1 Å². The highest BCUT2D eigenvalue weighted by Gasteiger charge is 2.03. The lowest BCUT2D eigenvalue weighted by atomic mass is 10.2. The van der Waals surface area contributed by atoms with E-state index in [4.69, 9.17) is 9.84 Å². The van der Waals surface area contributed by atoms with Crippen LogP contribution in [0.3, 0.4) is 0 Å². The number of benzene rings is 2. The maximum absolute atomic E-state index is 11.8. The van der Waals surface area contributed by atoms with Gasteiger partial charge >= 0.3 is 0 Å². The van der Waals surface area contributed by atoms with Crippen LogP contribution in [0.5, 0.6) is 5.75 Å². The number of carbonyl (C=O) groups excluding carboxylic acids is 1. The normalized spacial score (nSPS) is 9.82. The fraction of sp³-hybridized carbons (Fsp3) is 0.125. The molecule has 0 saturated heterocycles. The lowest BCUT2D eigenvalue weighted by Gasteiger charge is -2.01. The van der Waals surface area contributed by atoms with Crippen molar-refractivity contribution in [2.24, 2.45) is 5.10 Å². The first-order valence-corrected chi connectivity index (χ1v) is 7.16. The van der Waals surface area contributed by atoms with Gasteiger partial charge in [0.25, 0.3) is 5.91 Å². The van der Waals surface area contributed by atoms with Crippen molar-refractivity contribution in [1.29, 1.82) is 0 Å². The lowest BCUT2D eigenvalue weighted by molar-refractivity contribution is 0.0955. The standard InChI is InChI=1S/C15H13BrN2O2.CH4O/c1-20-14-7-5-11(6-8-14)10-17-18-15(19)12-3-2-4-13(16)9-12;1-2/h2-10H,1H3,(H,18,19);2H,1H3/b17-10+;. The fourth-order valence-electron chi connectivity index (χ4n) is 1.55. The third-order valence-electron chi connectivity index (χ3n) is 2.58. The molecule has 0 aliphatic heterocycles. The maximum atomic E-state index is 11.8. The molecule has 0 fully saturated rings. The molecule has 22 heavy (non-hydrogen) atoms. The summed E-state index contributed by atoms with van der Waals surface area (Å²) in [6.07, 6.45) is 1.58. The van der Waals surface area contributed by atoms with Gasteiger partial charge in [0, 0.05) is 17.1 Å². The Labute approximate surface area is 137 Å². The molecule has 2 rings (SSSR count). The van der Waals surface area contributed by atoms with Gasteiger partial charge in [-0.05, 0) is 48.0 Å². The average Bonchev–Trinajstić information content (AvgIpc) is 2.57. The van der Waals surface area contributed by atoms with E-state index in [-0.39, 0.29) is 5.91 Å². The van der Waals surface area contributed by atoms with Crippen LogP contribution in [0.25, 0.3) is 0 Å². The second-order valence-corrected chi connectivity index (χ2v) is 4.90. The van der Waals surface area contributed by atoms with E-state index in [2.05, 4.69) is 26.5 Å². The zero-order chi connectivity index (χ0) is 16.4. The number of methoxy groups -OCH3 is 1. The second-order valence-electron chi connectivity index (χ2n) is 3.98. The van der Waals surface area contributed by atoms with Crippen molar-refractivity contribution < 1.29 is 14.6 Å². The molecule has 6 heteroatoms. The first-order valence-electron chi connectivity index (χ1n) is 6.37. The molecule has 0 bridgehead atoms. The number of halogens is 1. The molecule has 0 aliphatic rings. The molecule has 1 amide bonds. The summed E-state index contributed by atoms with van der Waals surface area (Å²) in [6, 6.07) is 14.5. The summed E-state index contributed by atoms with van der Waals surface area (Å²) < 4.78 is 5.91. The number of ether oxygens (including phenoxy) is 1. The predicted molar refractivity (Wildman–Crippen MR) is 90.3 cm³/mol. The number of amides is 1. The summed E-state index contributed by atoms with van der Waals surface area (Å²) in [6.45, 7) is 0. The largest absolute Gasteiger partial charge is 0.497 e. The first-order chi connectivity index (χ1) is 10.7. The van der Waals surface area contributed by atoms with Crippen LogP contribution in [0.2, 0.25) is 0 Å². The summed E-state index contributed by atoms with van der Waals surface area (Å²) in [5.41, 5.74) is 3.90. The Morgan fingerprint density at radius 3 is 2.50 bits per heavy atom. The molecule has 2 aromatic carbocycles. The maximum Gasteiger partial charge on any atom is 0.271 e. The Hall–Kier alpha value is -2.18. The van der Waals surface area contributed by atoms with Crippen LogP contribution in [0.4, 0.5) is 0 Å². The van der Waals surface area contributed by atoms with Gasteiger partial charge in [0.2, 0.25) is 0 Å². The molecule has 0 heterocycles. The van der Waals surface area contributed by atoms with E-state index in [1.54, 1.807) is 31.5 Å². The van der Waals surface area contributed by atoms with E-state index < -0.39 is 0 Å². The summed E-state index contributed by atoms with van der Waals surface area (Å²) in [4.78, 5) is 11.8. The molecular formula is C16H17BrN2O3. The van der Waals surface area contributed by atoms with E-state index in [1.165, 1.54) is 0 Å². The van der Waals surface area contributed by atoms with Crippen molar-refractivity contribution in [2.45, 2.75) is 0 Å². The van der Waals surface area contributed by atoms with Crippen LogP contribution in [0, 0.1) is 0 Å². The summed E-state index contributed by atoms with van der Waals surface area (Å²) in [5, 5.41) is 10.9. The quantitative estimate of drug-likeness (QED) is 0.647. The number of aliphatic hydroxyl groups is 1. The van der Waals surface area contributed by atoms with Gasteiger partial charge in [0.1, 0.15) is 5.75 Å². The van der Waals surface area contributed by atoms with E-state index in [0.29, 0.717) is 5.56 Å². The second kappa shape index (κ2) is 9.70. The number of aliphatic hydroxyl groups excluding tert-OH is 1. The number of carbonyl (C=O) groups is 1. The molecule has 0 saturated carbocycles. The van der Waals surface area contributed by atoms with Crippen molar-refractivity contribution in [3.05, 3.63) is 64.1 Å². The van der Waals surface area contributed by atoms with Gasteiger partial charge < -0.3 is 9.84 Å². The van der Waals surface area contributed by atoms with Gasteiger partial charge in [0.15, 0.2) is 0 Å². The molecule has 0 aromatic heterocycles. The highest BCUT2D eigenvalue weighted by molar-refractivity contribution is 9.10. The van der Waals surface area contributed by atoms with E-state index in [9.17, 15) is 4.79 Å². The summed E-state index contributed by atoms with van der Waals surface area (Å²) in [7, 11) is 2.61. The van der Waals surface area contributed by atoms with Crippen LogP contribution in [-0.4, -0.2) is 31.4 Å². The Morgan fingerprint density at radius 2 is 1.91 bits per heavy atom. The fourth-order valence-corrected chi connectivity index (χ4v) is 1.95. The van der Waals surface area contributed by atoms with Crippen molar-refractivity contribution in [3.8, 4) is 5.75 Å². The van der Waals surface area contributed by atoms with Crippen LogP contribution in [0.1, 0.15) is 15.9 Å². The van der Waals surface area contributed by atoms with Crippen LogP contribution in [-0.2, 0) is 0 Å². The number of hydrogen-bond donors (Lipinski definition) is 2. The van der Waals surface area contributed by atoms with Crippen molar-refractivity contribution in [3.63, 3.8) is 0 Å². The zero-order valence-electron chi connectivity index (χ0n) is 12.3. The predicted octanol–water partition coefficient (Wildman–Crippen LogP) is 2.83. The lowest BCUT2D eigenvalue weighted by Crippen LogP contribution is -2.17. The van der Waals surface area contributed by atoms with Gasteiger partial charge in [-0.3, -0.25) is 4.79 Å². The zero-order valence-corrected chi connectivity index (χ0v) is 13.9. The number of hydrazone groups is 1.